The maximum absolute atomic E-state index is 12.6. The Kier molecular flexibility index (Phi) is 4.83. The van der Waals surface area contributed by atoms with E-state index in [1.54, 1.807) is 17.7 Å². The van der Waals surface area contributed by atoms with Crippen LogP contribution in [0.3, 0.4) is 0 Å². The normalized spacial score (nSPS) is 15.4. The van der Waals surface area contributed by atoms with Crippen molar-refractivity contribution in [1.29, 1.82) is 0 Å². The molecule has 136 valence electrons. The summed E-state index contributed by atoms with van der Waals surface area (Å²) in [6, 6.07) is 8.22. The molecule has 1 amide bonds. The van der Waals surface area contributed by atoms with Gasteiger partial charge in [0.1, 0.15) is 12.2 Å². The van der Waals surface area contributed by atoms with E-state index in [1.807, 2.05) is 28.6 Å². The number of aryl methyl sites for hydroxylation is 2. The van der Waals surface area contributed by atoms with Gasteiger partial charge in [-0.25, -0.2) is 4.98 Å². The summed E-state index contributed by atoms with van der Waals surface area (Å²) in [4.78, 5) is 21.6. The van der Waals surface area contributed by atoms with Gasteiger partial charge in [-0.1, -0.05) is 23.5 Å². The summed E-state index contributed by atoms with van der Waals surface area (Å²) >= 11 is 1.73. The van der Waals surface area contributed by atoms with Crippen LogP contribution < -0.4 is 4.90 Å². The second-order valence-electron chi connectivity index (χ2n) is 6.54. The number of carbonyl (C=O) groups excluding carboxylic acids is 1. The zero-order chi connectivity index (χ0) is 17.9. The molecule has 1 saturated heterocycles. The van der Waals surface area contributed by atoms with Gasteiger partial charge in [0, 0.05) is 46.1 Å². The lowest BCUT2D eigenvalue weighted by Gasteiger charge is -2.21. The summed E-state index contributed by atoms with van der Waals surface area (Å²) in [5.41, 5.74) is 1.05. The number of para-hydroxylation sites is 1. The zero-order valence-electron chi connectivity index (χ0n) is 14.8. The van der Waals surface area contributed by atoms with E-state index >= 15 is 0 Å². The molecule has 26 heavy (non-hydrogen) atoms. The van der Waals surface area contributed by atoms with Crippen molar-refractivity contribution in [2.24, 2.45) is 7.05 Å². The average Bonchev–Trinajstić information content (AvgIpc) is 3.18. The van der Waals surface area contributed by atoms with Crippen LogP contribution in [-0.4, -0.2) is 56.7 Å². The highest BCUT2D eigenvalue weighted by Crippen LogP contribution is 2.29. The molecule has 1 aliphatic heterocycles. The van der Waals surface area contributed by atoms with Crippen molar-refractivity contribution in [3.8, 4) is 0 Å². The maximum atomic E-state index is 12.6. The molecule has 0 unspecified atom stereocenters. The van der Waals surface area contributed by atoms with Gasteiger partial charge in [-0.05, 0) is 18.6 Å². The predicted octanol–water partition coefficient (Wildman–Crippen LogP) is 2.10. The van der Waals surface area contributed by atoms with E-state index in [0.717, 1.165) is 49.1 Å². The Bertz CT molecular complexity index is 871. The molecule has 1 fully saturated rings. The average molecular weight is 370 g/mol. The van der Waals surface area contributed by atoms with Gasteiger partial charge in [0.15, 0.2) is 5.13 Å². The van der Waals surface area contributed by atoms with Gasteiger partial charge in [0.2, 0.25) is 5.91 Å². The number of hydrogen-bond donors (Lipinski definition) is 0. The fraction of sp³-hybridized carbons (Fsp3) is 0.444. The molecule has 0 atom stereocenters. The minimum Gasteiger partial charge on any atom is -0.346 e. The summed E-state index contributed by atoms with van der Waals surface area (Å²) < 4.78 is 3.08. The number of amides is 1. The fourth-order valence-corrected chi connectivity index (χ4v) is 4.28. The summed E-state index contributed by atoms with van der Waals surface area (Å²) in [7, 11) is 1.90. The van der Waals surface area contributed by atoms with Crippen molar-refractivity contribution >= 4 is 32.6 Å². The summed E-state index contributed by atoms with van der Waals surface area (Å²) in [5, 5.41) is 8.97. The molecule has 3 heterocycles. The van der Waals surface area contributed by atoms with Crippen LogP contribution in [0.4, 0.5) is 5.13 Å². The largest absolute Gasteiger partial charge is 0.346 e. The number of hydrogen-bond acceptors (Lipinski definition) is 6. The van der Waals surface area contributed by atoms with Crippen LogP contribution in [0.25, 0.3) is 10.2 Å². The smallest absolute Gasteiger partial charge is 0.223 e. The monoisotopic (exact) mass is 370 g/mol. The highest BCUT2D eigenvalue weighted by Gasteiger charge is 2.21. The first-order chi connectivity index (χ1) is 12.7. The second-order valence-corrected chi connectivity index (χ2v) is 7.55. The number of fused-ring (bicyclic) bond motifs is 1. The Morgan fingerprint density at radius 1 is 1.19 bits per heavy atom. The first-order valence-electron chi connectivity index (χ1n) is 8.92. The lowest BCUT2D eigenvalue weighted by molar-refractivity contribution is -0.130. The van der Waals surface area contributed by atoms with Crippen LogP contribution in [0.1, 0.15) is 18.7 Å². The third-order valence-electron chi connectivity index (χ3n) is 4.77. The molecule has 0 N–H and O–H groups in total. The Labute approximate surface area is 156 Å². The molecular weight excluding hydrogens is 348 g/mol. The van der Waals surface area contributed by atoms with Gasteiger partial charge >= 0.3 is 0 Å². The first-order valence-corrected chi connectivity index (χ1v) is 9.73. The molecule has 1 aromatic carbocycles. The van der Waals surface area contributed by atoms with Gasteiger partial charge in [-0.2, -0.15) is 0 Å². The molecular formula is C18H22N6OS. The van der Waals surface area contributed by atoms with E-state index in [9.17, 15) is 4.79 Å². The molecule has 0 saturated carbocycles. The van der Waals surface area contributed by atoms with Crippen LogP contribution >= 0.6 is 11.3 Å². The van der Waals surface area contributed by atoms with Gasteiger partial charge < -0.3 is 14.4 Å². The number of rotatable bonds is 4. The number of anilines is 1. The molecule has 4 rings (SSSR count). The minimum absolute atomic E-state index is 0.194. The number of aromatic nitrogens is 4. The molecule has 0 spiro atoms. The number of thiazole rings is 1. The SMILES string of the molecule is Cn1cnnc1CCC(=O)N1CCCN(c2nc3ccccc3s2)CC1. The van der Waals surface area contributed by atoms with Crippen molar-refractivity contribution in [2.45, 2.75) is 19.3 Å². The number of benzene rings is 1. The number of nitrogens with zero attached hydrogens (tertiary/aromatic N) is 6. The lowest BCUT2D eigenvalue weighted by Crippen LogP contribution is -2.35. The number of carbonyl (C=O) groups is 1. The van der Waals surface area contributed by atoms with E-state index in [1.165, 1.54) is 4.70 Å². The van der Waals surface area contributed by atoms with Crippen LogP contribution in [0.5, 0.6) is 0 Å². The van der Waals surface area contributed by atoms with Gasteiger partial charge in [0.25, 0.3) is 0 Å². The van der Waals surface area contributed by atoms with Crippen molar-refractivity contribution in [1.82, 2.24) is 24.6 Å². The van der Waals surface area contributed by atoms with E-state index in [-0.39, 0.29) is 5.91 Å². The van der Waals surface area contributed by atoms with E-state index in [0.29, 0.717) is 12.8 Å². The highest BCUT2D eigenvalue weighted by molar-refractivity contribution is 7.22. The van der Waals surface area contributed by atoms with Crippen molar-refractivity contribution in [3.63, 3.8) is 0 Å². The molecule has 7 nitrogen and oxygen atoms in total. The fourth-order valence-electron chi connectivity index (χ4n) is 3.26. The Balaban J connectivity index is 1.36. The predicted molar refractivity (Wildman–Crippen MR) is 102 cm³/mol. The Hall–Kier alpha value is -2.48. The minimum atomic E-state index is 0.194. The first kappa shape index (κ1) is 17.0. The van der Waals surface area contributed by atoms with Crippen LogP contribution in [0, 0.1) is 0 Å². The summed E-state index contributed by atoms with van der Waals surface area (Å²) in [5.74, 6) is 1.04. The zero-order valence-corrected chi connectivity index (χ0v) is 15.7. The molecule has 1 aliphatic rings. The molecule has 3 aromatic rings. The standard InChI is InChI=1S/C18H22N6OS/c1-22-13-19-21-16(22)7-8-17(25)23-9-4-10-24(12-11-23)18-20-14-5-2-3-6-15(14)26-18/h2-3,5-6,13H,4,7-12H2,1H3. The quantitative estimate of drug-likeness (QED) is 0.704. The lowest BCUT2D eigenvalue weighted by atomic mass is 10.2. The van der Waals surface area contributed by atoms with E-state index in [2.05, 4.69) is 27.2 Å². The van der Waals surface area contributed by atoms with Gasteiger partial charge in [-0.3, -0.25) is 4.79 Å². The van der Waals surface area contributed by atoms with Gasteiger partial charge in [0.05, 0.1) is 10.2 Å². The van der Waals surface area contributed by atoms with Crippen LogP contribution in [-0.2, 0) is 18.3 Å². The molecule has 8 heteroatoms. The highest BCUT2D eigenvalue weighted by atomic mass is 32.1. The van der Waals surface area contributed by atoms with Crippen molar-refractivity contribution in [3.05, 3.63) is 36.4 Å². The van der Waals surface area contributed by atoms with Crippen LogP contribution in [0.15, 0.2) is 30.6 Å². The summed E-state index contributed by atoms with van der Waals surface area (Å²) in [6.45, 7) is 3.31. The summed E-state index contributed by atoms with van der Waals surface area (Å²) in [6.07, 6.45) is 3.74. The maximum Gasteiger partial charge on any atom is 0.223 e. The van der Waals surface area contributed by atoms with E-state index in [4.69, 9.17) is 4.98 Å². The molecule has 0 bridgehead atoms. The Morgan fingerprint density at radius 3 is 2.88 bits per heavy atom. The van der Waals surface area contributed by atoms with Crippen LogP contribution in [0.2, 0.25) is 0 Å². The third kappa shape index (κ3) is 3.55. The van der Waals surface area contributed by atoms with E-state index < -0.39 is 0 Å². The van der Waals surface area contributed by atoms with Crippen molar-refractivity contribution < 1.29 is 4.79 Å². The third-order valence-corrected chi connectivity index (χ3v) is 5.87. The van der Waals surface area contributed by atoms with Gasteiger partial charge in [-0.15, -0.1) is 10.2 Å². The topological polar surface area (TPSA) is 67.2 Å². The Morgan fingerprint density at radius 2 is 2.08 bits per heavy atom. The molecule has 0 radical (unpaired) electrons. The molecule has 2 aromatic heterocycles. The van der Waals surface area contributed by atoms with Crippen molar-refractivity contribution in [2.75, 3.05) is 31.1 Å². The molecule has 0 aliphatic carbocycles. The second kappa shape index (κ2) is 7.41.